The first-order valence-corrected chi connectivity index (χ1v) is 8.88. The number of piperidine rings is 1. The molecule has 1 aliphatic rings. The van der Waals surface area contributed by atoms with Gasteiger partial charge in [0.05, 0.1) is 16.5 Å². The van der Waals surface area contributed by atoms with Crippen LogP contribution in [0.4, 0.5) is 19.0 Å². The van der Waals surface area contributed by atoms with Gasteiger partial charge in [-0.2, -0.15) is 13.2 Å². The fourth-order valence-corrected chi connectivity index (χ4v) is 3.31. The van der Waals surface area contributed by atoms with Gasteiger partial charge in [-0.25, -0.2) is 4.98 Å². The minimum absolute atomic E-state index is 0.0504. The summed E-state index contributed by atoms with van der Waals surface area (Å²) < 4.78 is 43.6. The lowest BCUT2D eigenvalue weighted by molar-refractivity contribution is -0.140. The highest BCUT2D eigenvalue weighted by Gasteiger charge is 2.33. The molecule has 1 aliphatic heterocycles. The third-order valence-corrected chi connectivity index (χ3v) is 4.76. The molecule has 0 saturated carbocycles. The fourth-order valence-electron chi connectivity index (χ4n) is 3.02. The highest BCUT2D eigenvalue weighted by molar-refractivity contribution is 6.33. The number of esters is 1. The number of hydrogen-bond donors (Lipinski definition) is 0. The molecule has 0 bridgehead atoms. The average Bonchev–Trinajstić information content (AvgIpc) is 2.61. The minimum Gasteiger partial charge on any atom is -0.426 e. The number of aromatic nitrogens is 1. The highest BCUT2D eigenvalue weighted by Crippen LogP contribution is 2.34. The first-order chi connectivity index (χ1) is 12.7. The van der Waals surface area contributed by atoms with Crippen molar-refractivity contribution in [3.8, 4) is 5.75 Å². The van der Waals surface area contributed by atoms with E-state index >= 15 is 0 Å². The highest BCUT2D eigenvalue weighted by atomic mass is 35.5. The van der Waals surface area contributed by atoms with Crippen molar-refractivity contribution in [2.45, 2.75) is 25.9 Å². The van der Waals surface area contributed by atoms with Gasteiger partial charge in [0.2, 0.25) is 0 Å². The lowest BCUT2D eigenvalue weighted by Crippen LogP contribution is -2.38. The molecule has 1 fully saturated rings. The second kappa shape index (κ2) is 7.76. The molecular formula is C19H18ClF3N2O2. The summed E-state index contributed by atoms with van der Waals surface area (Å²) in [6.45, 7) is 2.84. The lowest BCUT2D eigenvalue weighted by Gasteiger charge is -2.32. The molecule has 8 heteroatoms. The second-order valence-corrected chi connectivity index (χ2v) is 6.93. The van der Waals surface area contributed by atoms with Crippen molar-refractivity contribution in [1.82, 2.24) is 4.98 Å². The van der Waals surface area contributed by atoms with Crippen LogP contribution in [0.3, 0.4) is 0 Å². The smallest absolute Gasteiger partial charge is 0.417 e. The van der Waals surface area contributed by atoms with Crippen molar-refractivity contribution in [1.29, 1.82) is 0 Å². The maximum atomic E-state index is 12.7. The topological polar surface area (TPSA) is 42.4 Å². The van der Waals surface area contributed by atoms with E-state index in [0.29, 0.717) is 37.5 Å². The SMILES string of the molecule is Cc1cccc(OC(=O)C2CCN(c3ncc(C(F)(F)F)cc3Cl)CC2)c1. The largest absolute Gasteiger partial charge is 0.426 e. The van der Waals surface area contributed by atoms with Gasteiger partial charge in [0, 0.05) is 19.3 Å². The Balaban J connectivity index is 1.61. The van der Waals surface area contributed by atoms with Crippen LogP contribution in [0.1, 0.15) is 24.0 Å². The van der Waals surface area contributed by atoms with Crippen molar-refractivity contribution >= 4 is 23.4 Å². The van der Waals surface area contributed by atoms with Crippen molar-refractivity contribution in [2.24, 2.45) is 5.92 Å². The van der Waals surface area contributed by atoms with E-state index < -0.39 is 11.7 Å². The molecule has 0 N–H and O–H groups in total. The van der Waals surface area contributed by atoms with E-state index in [1.165, 1.54) is 0 Å². The van der Waals surface area contributed by atoms with Crippen LogP contribution in [0.25, 0.3) is 0 Å². The summed E-state index contributed by atoms with van der Waals surface area (Å²) >= 11 is 5.99. The van der Waals surface area contributed by atoms with E-state index in [0.717, 1.165) is 17.8 Å². The third kappa shape index (κ3) is 4.71. The Bertz CT molecular complexity index is 834. The summed E-state index contributed by atoms with van der Waals surface area (Å²) in [5.74, 6) is 0.242. The van der Waals surface area contributed by atoms with Gasteiger partial charge in [-0.1, -0.05) is 23.7 Å². The first-order valence-electron chi connectivity index (χ1n) is 8.50. The number of nitrogens with zero attached hydrogens (tertiary/aromatic N) is 2. The van der Waals surface area contributed by atoms with Crippen molar-refractivity contribution < 1.29 is 22.7 Å². The normalized spacial score (nSPS) is 15.7. The minimum atomic E-state index is -4.48. The predicted octanol–water partition coefficient (Wildman–Crippen LogP) is 4.88. The van der Waals surface area contributed by atoms with Gasteiger partial charge in [0.15, 0.2) is 0 Å². The number of ether oxygens (including phenoxy) is 1. The van der Waals surface area contributed by atoms with Gasteiger partial charge < -0.3 is 9.64 Å². The van der Waals surface area contributed by atoms with Crippen LogP contribution in [-0.4, -0.2) is 24.0 Å². The molecule has 0 radical (unpaired) electrons. The van der Waals surface area contributed by atoms with Crippen LogP contribution in [-0.2, 0) is 11.0 Å². The Morgan fingerprint density at radius 2 is 1.96 bits per heavy atom. The summed E-state index contributed by atoms with van der Waals surface area (Å²) in [7, 11) is 0. The molecule has 1 saturated heterocycles. The zero-order chi connectivity index (χ0) is 19.6. The molecule has 144 valence electrons. The number of rotatable bonds is 3. The number of benzene rings is 1. The van der Waals surface area contributed by atoms with Crippen LogP contribution in [0, 0.1) is 12.8 Å². The van der Waals surface area contributed by atoms with Crippen molar-refractivity contribution in [2.75, 3.05) is 18.0 Å². The first kappa shape index (κ1) is 19.5. The average molecular weight is 399 g/mol. The number of halogens is 4. The Hall–Kier alpha value is -2.28. The lowest BCUT2D eigenvalue weighted by atomic mass is 9.97. The van der Waals surface area contributed by atoms with E-state index in [9.17, 15) is 18.0 Å². The third-order valence-electron chi connectivity index (χ3n) is 4.48. The van der Waals surface area contributed by atoms with Gasteiger partial charge in [-0.3, -0.25) is 4.79 Å². The quantitative estimate of drug-likeness (QED) is 0.545. The van der Waals surface area contributed by atoms with Gasteiger partial charge in [-0.15, -0.1) is 0 Å². The van der Waals surface area contributed by atoms with Gasteiger partial charge in [-0.05, 0) is 43.5 Å². The number of pyridine rings is 1. The Labute approximate surface area is 159 Å². The molecule has 1 aromatic heterocycles. The summed E-state index contributed by atoms with van der Waals surface area (Å²) in [5.41, 5.74) is 0.117. The van der Waals surface area contributed by atoms with Gasteiger partial charge in [0.1, 0.15) is 11.6 Å². The molecule has 2 heterocycles. The molecule has 3 rings (SSSR count). The monoisotopic (exact) mass is 398 g/mol. The summed E-state index contributed by atoms with van der Waals surface area (Å²) in [6, 6.07) is 8.13. The zero-order valence-electron chi connectivity index (χ0n) is 14.6. The van der Waals surface area contributed by atoms with Gasteiger partial charge >= 0.3 is 12.1 Å². The van der Waals surface area contributed by atoms with Crippen molar-refractivity contribution in [3.63, 3.8) is 0 Å². The molecule has 1 aromatic carbocycles. The molecule has 0 unspecified atom stereocenters. The molecule has 0 atom stereocenters. The second-order valence-electron chi connectivity index (χ2n) is 6.53. The molecule has 0 spiro atoms. The Morgan fingerprint density at radius 1 is 1.26 bits per heavy atom. The number of aryl methyl sites for hydroxylation is 1. The van der Waals surface area contributed by atoms with Crippen LogP contribution in [0.5, 0.6) is 5.75 Å². The molecule has 2 aromatic rings. The van der Waals surface area contributed by atoms with E-state index in [1.54, 1.807) is 17.0 Å². The standard InChI is InChI=1S/C19H18ClF3N2O2/c1-12-3-2-4-15(9-12)27-18(26)13-5-7-25(8-6-13)17-16(20)10-14(11-24-17)19(21,22)23/h2-4,9-11,13H,5-8H2,1H3. The molecule has 27 heavy (non-hydrogen) atoms. The van der Waals surface area contributed by atoms with Crippen LogP contribution < -0.4 is 9.64 Å². The van der Waals surface area contributed by atoms with E-state index in [1.807, 2.05) is 19.1 Å². The van der Waals surface area contributed by atoms with E-state index in [4.69, 9.17) is 16.3 Å². The Kier molecular flexibility index (Phi) is 5.60. The molecule has 0 amide bonds. The molecule has 0 aliphatic carbocycles. The Morgan fingerprint density at radius 3 is 2.56 bits per heavy atom. The maximum Gasteiger partial charge on any atom is 0.417 e. The number of alkyl halides is 3. The van der Waals surface area contributed by atoms with Crippen molar-refractivity contribution in [3.05, 3.63) is 52.7 Å². The summed E-state index contributed by atoms with van der Waals surface area (Å²) in [6.07, 6.45) is -2.67. The number of hydrogen-bond acceptors (Lipinski definition) is 4. The van der Waals surface area contributed by atoms with Crippen LogP contribution >= 0.6 is 11.6 Å². The summed E-state index contributed by atoms with van der Waals surface area (Å²) in [5, 5.41) is -0.0504. The van der Waals surface area contributed by atoms with Crippen LogP contribution in [0.15, 0.2) is 36.5 Å². The number of carbonyl (C=O) groups excluding carboxylic acids is 1. The van der Waals surface area contributed by atoms with Crippen LogP contribution in [0.2, 0.25) is 5.02 Å². The van der Waals surface area contributed by atoms with E-state index in [2.05, 4.69) is 4.98 Å². The number of anilines is 1. The summed E-state index contributed by atoms with van der Waals surface area (Å²) in [4.78, 5) is 18.0. The van der Waals surface area contributed by atoms with E-state index in [-0.39, 0.29) is 16.9 Å². The number of carbonyl (C=O) groups is 1. The fraction of sp³-hybridized carbons (Fsp3) is 0.368. The van der Waals surface area contributed by atoms with Gasteiger partial charge in [0.25, 0.3) is 0 Å². The zero-order valence-corrected chi connectivity index (χ0v) is 15.3. The maximum absolute atomic E-state index is 12.7. The molecule has 4 nitrogen and oxygen atoms in total. The molecular weight excluding hydrogens is 381 g/mol. The predicted molar refractivity (Wildman–Crippen MR) is 96.0 cm³/mol.